The number of aromatic nitrogens is 5. The third-order valence-electron chi connectivity index (χ3n) is 4.13. The van der Waals surface area contributed by atoms with Crippen LogP contribution in [0.5, 0.6) is 0 Å². The Morgan fingerprint density at radius 1 is 0.343 bits per heavy atom. The number of benzene rings is 1. The molecule has 35 heavy (non-hydrogen) atoms. The van der Waals surface area contributed by atoms with E-state index < -0.39 is 0 Å². The van der Waals surface area contributed by atoms with Crippen LogP contribution in [0, 0.1) is 34.6 Å². The van der Waals surface area contributed by atoms with Gasteiger partial charge in [0.1, 0.15) is 6.33 Å². The zero-order chi connectivity index (χ0) is 25.6. The normalized spacial score (nSPS) is 8.71. The SMILES string of the molecule is Cc1ccccc1.Cc1cccnc1.Cc1ccncc1.Cc1ccncc1.Cc1cncnc1. The second-order valence-electron chi connectivity index (χ2n) is 7.65. The van der Waals surface area contributed by atoms with Gasteiger partial charge in [-0.2, -0.15) is 0 Å². The third-order valence-corrected chi connectivity index (χ3v) is 4.13. The highest BCUT2D eigenvalue weighted by molar-refractivity contribution is 5.11. The van der Waals surface area contributed by atoms with Crippen molar-refractivity contribution >= 4 is 0 Å². The van der Waals surface area contributed by atoms with E-state index in [2.05, 4.69) is 44.0 Å². The molecule has 0 saturated heterocycles. The Morgan fingerprint density at radius 2 is 0.771 bits per heavy atom. The maximum Gasteiger partial charge on any atom is 0.115 e. The van der Waals surface area contributed by atoms with Gasteiger partial charge in [0, 0.05) is 49.6 Å². The lowest BCUT2D eigenvalue weighted by atomic mass is 10.2. The quantitative estimate of drug-likeness (QED) is 0.248. The molecule has 0 saturated carbocycles. The minimum atomic E-state index is 1.10. The average Bonchev–Trinajstić information content (AvgIpc) is 2.88. The first kappa shape index (κ1) is 28.8. The van der Waals surface area contributed by atoms with E-state index in [1.165, 1.54) is 28.6 Å². The highest BCUT2D eigenvalue weighted by Gasteiger charge is 1.75. The Morgan fingerprint density at radius 3 is 1.00 bits per heavy atom. The van der Waals surface area contributed by atoms with Crippen molar-refractivity contribution < 1.29 is 0 Å². The number of hydrogen-bond acceptors (Lipinski definition) is 5. The molecule has 180 valence electrons. The topological polar surface area (TPSA) is 64.5 Å². The summed E-state index contributed by atoms with van der Waals surface area (Å²) >= 11 is 0. The van der Waals surface area contributed by atoms with Crippen LogP contribution < -0.4 is 0 Å². The number of pyridine rings is 3. The van der Waals surface area contributed by atoms with Crippen molar-refractivity contribution in [2.75, 3.05) is 0 Å². The maximum atomic E-state index is 3.88. The van der Waals surface area contributed by atoms with E-state index in [-0.39, 0.29) is 0 Å². The molecular weight excluding hydrogens is 430 g/mol. The molecule has 5 heteroatoms. The van der Waals surface area contributed by atoms with Crippen LogP contribution in [0.1, 0.15) is 27.8 Å². The molecule has 5 rings (SSSR count). The Hall–Kier alpha value is -4.25. The van der Waals surface area contributed by atoms with Gasteiger partial charge in [0.25, 0.3) is 0 Å². The molecule has 4 aromatic heterocycles. The van der Waals surface area contributed by atoms with Gasteiger partial charge in [-0.25, -0.2) is 9.97 Å². The van der Waals surface area contributed by atoms with Gasteiger partial charge >= 0.3 is 0 Å². The molecule has 4 heterocycles. The summed E-state index contributed by atoms with van der Waals surface area (Å²) in [5.41, 5.74) is 6.15. The maximum absolute atomic E-state index is 3.88. The first-order valence-electron chi connectivity index (χ1n) is 11.3. The lowest BCUT2D eigenvalue weighted by Gasteiger charge is -1.82. The fourth-order valence-electron chi connectivity index (χ4n) is 2.21. The van der Waals surface area contributed by atoms with Crippen LogP contribution in [0.3, 0.4) is 0 Å². The van der Waals surface area contributed by atoms with E-state index in [4.69, 9.17) is 0 Å². The van der Waals surface area contributed by atoms with Crippen LogP contribution in [0.4, 0.5) is 0 Å². The van der Waals surface area contributed by atoms with E-state index in [1.54, 1.807) is 43.4 Å². The number of rotatable bonds is 0. The lowest BCUT2D eigenvalue weighted by molar-refractivity contribution is 1.13. The highest BCUT2D eigenvalue weighted by Crippen LogP contribution is 1.92. The summed E-state index contributed by atoms with van der Waals surface area (Å²) in [6.45, 7) is 10.1. The van der Waals surface area contributed by atoms with Crippen LogP contribution >= 0.6 is 0 Å². The summed E-state index contributed by atoms with van der Waals surface area (Å²) in [4.78, 5) is 19.1. The zero-order valence-electron chi connectivity index (χ0n) is 21.3. The van der Waals surface area contributed by atoms with Crippen LogP contribution in [-0.2, 0) is 0 Å². The number of nitrogens with zero attached hydrogens (tertiary/aromatic N) is 5. The van der Waals surface area contributed by atoms with Crippen LogP contribution in [0.25, 0.3) is 0 Å². The molecule has 0 N–H and O–H groups in total. The van der Waals surface area contributed by atoms with Gasteiger partial charge in [0.05, 0.1) is 0 Å². The fourth-order valence-corrected chi connectivity index (χ4v) is 2.21. The molecule has 1 aromatic carbocycles. The van der Waals surface area contributed by atoms with E-state index >= 15 is 0 Å². The third kappa shape index (κ3) is 17.9. The minimum absolute atomic E-state index is 1.10. The predicted octanol–water partition coefficient (Wildman–Crippen LogP) is 6.95. The minimum Gasteiger partial charge on any atom is -0.265 e. The van der Waals surface area contributed by atoms with Gasteiger partial charge in [-0.1, -0.05) is 42.0 Å². The van der Waals surface area contributed by atoms with Gasteiger partial charge in [-0.15, -0.1) is 0 Å². The van der Waals surface area contributed by atoms with Crippen molar-refractivity contribution in [1.82, 2.24) is 24.9 Å². The summed E-state index contributed by atoms with van der Waals surface area (Å²) in [5, 5.41) is 0. The lowest BCUT2D eigenvalue weighted by Crippen LogP contribution is -1.75. The van der Waals surface area contributed by atoms with E-state index in [0.717, 1.165) is 5.56 Å². The van der Waals surface area contributed by atoms with Crippen molar-refractivity contribution in [3.63, 3.8) is 0 Å². The van der Waals surface area contributed by atoms with E-state index in [1.807, 2.05) is 88.5 Å². The molecule has 5 nitrogen and oxygen atoms in total. The first-order valence-corrected chi connectivity index (χ1v) is 11.3. The Balaban J connectivity index is 0.000000219. The molecule has 0 bridgehead atoms. The highest BCUT2D eigenvalue weighted by atomic mass is 14.8. The molecule has 0 spiro atoms. The van der Waals surface area contributed by atoms with Gasteiger partial charge in [-0.05, 0) is 87.2 Å². The van der Waals surface area contributed by atoms with Crippen molar-refractivity contribution in [2.45, 2.75) is 34.6 Å². The van der Waals surface area contributed by atoms with Crippen LogP contribution in [0.2, 0.25) is 0 Å². The molecule has 0 aliphatic carbocycles. The Labute approximate surface area is 210 Å². The fraction of sp³-hybridized carbons (Fsp3) is 0.167. The summed E-state index contributed by atoms with van der Waals surface area (Å²) in [7, 11) is 0. The molecule has 0 aliphatic rings. The molecule has 0 amide bonds. The van der Waals surface area contributed by atoms with E-state index in [0.29, 0.717) is 0 Å². The van der Waals surface area contributed by atoms with Gasteiger partial charge in [0.15, 0.2) is 0 Å². The van der Waals surface area contributed by atoms with Gasteiger partial charge < -0.3 is 0 Å². The van der Waals surface area contributed by atoms with Crippen molar-refractivity contribution in [1.29, 1.82) is 0 Å². The Bertz CT molecular complexity index is 888. The predicted molar refractivity (Wildman–Crippen MR) is 145 cm³/mol. The van der Waals surface area contributed by atoms with Crippen LogP contribution in [0.15, 0.2) is 123 Å². The molecule has 5 aromatic rings. The second-order valence-corrected chi connectivity index (χ2v) is 7.65. The first-order chi connectivity index (χ1) is 17.0. The number of hydrogen-bond donors (Lipinski definition) is 0. The second kappa shape index (κ2) is 19.2. The summed E-state index contributed by atoms with van der Waals surface area (Å²) in [5.74, 6) is 0. The van der Waals surface area contributed by atoms with Crippen molar-refractivity contribution in [3.05, 3.63) is 150 Å². The Kier molecular flexibility index (Phi) is 15.8. The number of aryl methyl sites for hydroxylation is 5. The monoisotopic (exact) mass is 465 g/mol. The molecule has 0 fully saturated rings. The molecule has 0 radical (unpaired) electrons. The van der Waals surface area contributed by atoms with Crippen LogP contribution in [-0.4, -0.2) is 24.9 Å². The van der Waals surface area contributed by atoms with Crippen molar-refractivity contribution in [2.24, 2.45) is 0 Å². The zero-order valence-corrected chi connectivity index (χ0v) is 21.3. The standard InChI is InChI=1S/C7H8.3C6H7N.C5H6N2/c1-7-5-3-2-4-6-7;2*1-6-2-4-7-5-3-6;1-6-3-2-4-7-5-6;1-5-2-6-4-7-3-5/h2-6H,1H3;3*2-5H,1H3;2-4H,1H3. The largest absolute Gasteiger partial charge is 0.265 e. The van der Waals surface area contributed by atoms with Crippen molar-refractivity contribution in [3.8, 4) is 0 Å². The van der Waals surface area contributed by atoms with E-state index in [9.17, 15) is 0 Å². The average molecular weight is 466 g/mol. The van der Waals surface area contributed by atoms with Gasteiger partial charge in [-0.3, -0.25) is 15.0 Å². The molecule has 0 atom stereocenters. The molecule has 0 unspecified atom stereocenters. The molecular formula is C30H35N5. The summed E-state index contributed by atoms with van der Waals surface area (Å²) < 4.78 is 0. The summed E-state index contributed by atoms with van der Waals surface area (Å²) in [6, 6.07) is 22.1. The summed E-state index contributed by atoms with van der Waals surface area (Å²) in [6.07, 6.45) is 15.8. The van der Waals surface area contributed by atoms with Gasteiger partial charge in [0.2, 0.25) is 0 Å². The smallest absolute Gasteiger partial charge is 0.115 e. The molecule has 0 aliphatic heterocycles.